The van der Waals surface area contributed by atoms with Crippen molar-refractivity contribution in [3.8, 4) is 11.5 Å². The van der Waals surface area contributed by atoms with Crippen molar-refractivity contribution in [3.05, 3.63) is 23.8 Å². The molecule has 0 aromatic heterocycles. The Bertz CT molecular complexity index is 378. The zero-order valence-electron chi connectivity index (χ0n) is 7.36. The maximum atomic E-state index is 5.61. The molecule has 6 nitrogen and oxygen atoms in total. The lowest BCUT2D eigenvalue weighted by atomic mass is 10.2. The average Bonchev–Trinajstić information content (AvgIpc) is 2.64. The van der Waals surface area contributed by atoms with Gasteiger partial charge in [-0.3, -0.25) is 0 Å². The van der Waals surface area contributed by atoms with E-state index in [2.05, 4.69) is 10.6 Å². The van der Waals surface area contributed by atoms with E-state index in [1.54, 1.807) is 18.2 Å². The first kappa shape index (κ1) is 8.64. The SMILES string of the molecule is NN/N=C(\N)c1ccc2c(c1)OCO2. The molecule has 0 unspecified atom stereocenters. The van der Waals surface area contributed by atoms with E-state index >= 15 is 0 Å². The van der Waals surface area contributed by atoms with Crippen LogP contribution in [-0.2, 0) is 0 Å². The molecule has 5 N–H and O–H groups in total. The highest BCUT2D eigenvalue weighted by atomic mass is 16.7. The predicted molar refractivity (Wildman–Crippen MR) is 50.6 cm³/mol. The molecular formula is C8H10N4O2. The minimum Gasteiger partial charge on any atom is -0.454 e. The molecule has 0 saturated heterocycles. The van der Waals surface area contributed by atoms with Crippen LogP contribution in [0.15, 0.2) is 23.3 Å². The zero-order valence-corrected chi connectivity index (χ0v) is 7.36. The highest BCUT2D eigenvalue weighted by Crippen LogP contribution is 2.32. The van der Waals surface area contributed by atoms with Gasteiger partial charge in [-0.2, -0.15) is 0 Å². The summed E-state index contributed by atoms with van der Waals surface area (Å²) in [7, 11) is 0. The van der Waals surface area contributed by atoms with Crippen LogP contribution in [0, 0.1) is 0 Å². The number of rotatable bonds is 2. The third kappa shape index (κ3) is 1.42. The standard InChI is InChI=1S/C8H10N4O2/c9-8(11-12-10)5-1-2-6-7(3-5)14-4-13-6/h1-3,12H,4,10H2,(H2,9,11). The number of fused-ring (bicyclic) bond motifs is 1. The Morgan fingerprint density at radius 3 is 2.93 bits per heavy atom. The second-order valence-corrected chi connectivity index (χ2v) is 2.69. The van der Waals surface area contributed by atoms with Gasteiger partial charge < -0.3 is 15.2 Å². The lowest BCUT2D eigenvalue weighted by Gasteiger charge is -2.01. The average molecular weight is 194 g/mol. The van der Waals surface area contributed by atoms with Crippen LogP contribution < -0.4 is 26.6 Å². The van der Waals surface area contributed by atoms with Gasteiger partial charge in [-0.05, 0) is 18.2 Å². The summed E-state index contributed by atoms with van der Waals surface area (Å²) in [5, 5.41) is 3.65. The molecule has 0 saturated carbocycles. The molecule has 0 radical (unpaired) electrons. The summed E-state index contributed by atoms with van der Waals surface area (Å²) in [6.07, 6.45) is 0. The predicted octanol–water partition coefficient (Wildman–Crippen LogP) is -0.501. The van der Waals surface area contributed by atoms with Gasteiger partial charge in [0, 0.05) is 5.56 Å². The van der Waals surface area contributed by atoms with Crippen molar-refractivity contribution >= 4 is 5.84 Å². The number of ether oxygens (including phenoxy) is 2. The number of nitrogens with one attached hydrogen (secondary N) is 1. The second-order valence-electron chi connectivity index (χ2n) is 2.69. The zero-order chi connectivity index (χ0) is 9.97. The molecule has 1 aromatic carbocycles. The smallest absolute Gasteiger partial charge is 0.231 e. The van der Waals surface area contributed by atoms with Crippen molar-refractivity contribution in [3.63, 3.8) is 0 Å². The molecule has 0 spiro atoms. The Morgan fingerprint density at radius 1 is 1.36 bits per heavy atom. The van der Waals surface area contributed by atoms with Crippen molar-refractivity contribution in [2.45, 2.75) is 0 Å². The number of amidine groups is 1. The van der Waals surface area contributed by atoms with Crippen LogP contribution in [0.3, 0.4) is 0 Å². The molecule has 0 amide bonds. The molecular weight excluding hydrogens is 184 g/mol. The van der Waals surface area contributed by atoms with Crippen LogP contribution in [0.2, 0.25) is 0 Å². The van der Waals surface area contributed by atoms with Crippen LogP contribution >= 0.6 is 0 Å². The van der Waals surface area contributed by atoms with Gasteiger partial charge >= 0.3 is 0 Å². The first-order chi connectivity index (χ1) is 6.81. The van der Waals surface area contributed by atoms with Crippen LogP contribution in [0.25, 0.3) is 0 Å². The summed E-state index contributed by atoms with van der Waals surface area (Å²) in [6, 6.07) is 5.30. The summed E-state index contributed by atoms with van der Waals surface area (Å²) in [6.45, 7) is 0.241. The maximum absolute atomic E-state index is 5.61. The number of nitrogens with two attached hydrogens (primary N) is 2. The molecule has 0 aliphatic carbocycles. The molecule has 1 aliphatic heterocycles. The summed E-state index contributed by atoms with van der Waals surface area (Å²) in [5.41, 5.74) is 8.46. The molecule has 1 aromatic rings. The Hall–Kier alpha value is -1.95. The summed E-state index contributed by atoms with van der Waals surface area (Å²) < 4.78 is 10.3. The Morgan fingerprint density at radius 2 is 2.14 bits per heavy atom. The first-order valence-electron chi connectivity index (χ1n) is 4.00. The number of hydrazone groups is 1. The Kier molecular flexibility index (Phi) is 2.11. The van der Waals surface area contributed by atoms with E-state index in [0.29, 0.717) is 17.3 Å². The van der Waals surface area contributed by atoms with E-state index in [-0.39, 0.29) is 6.79 Å². The van der Waals surface area contributed by atoms with Gasteiger partial charge in [0.25, 0.3) is 0 Å². The van der Waals surface area contributed by atoms with Crippen LogP contribution in [0.1, 0.15) is 5.56 Å². The lowest BCUT2D eigenvalue weighted by Crippen LogP contribution is -2.22. The van der Waals surface area contributed by atoms with E-state index in [9.17, 15) is 0 Å². The fraction of sp³-hybridized carbons (Fsp3) is 0.125. The van der Waals surface area contributed by atoms with E-state index in [0.717, 1.165) is 5.56 Å². The molecule has 6 heteroatoms. The third-order valence-electron chi connectivity index (χ3n) is 1.85. The molecule has 0 fully saturated rings. The van der Waals surface area contributed by atoms with E-state index < -0.39 is 0 Å². The number of hydrogen-bond donors (Lipinski definition) is 3. The third-order valence-corrected chi connectivity index (χ3v) is 1.85. The van der Waals surface area contributed by atoms with Crippen molar-refractivity contribution < 1.29 is 9.47 Å². The number of nitrogens with zero attached hydrogens (tertiary/aromatic N) is 1. The van der Waals surface area contributed by atoms with Crippen molar-refractivity contribution in [2.75, 3.05) is 6.79 Å². The van der Waals surface area contributed by atoms with Crippen LogP contribution in [0.4, 0.5) is 0 Å². The first-order valence-corrected chi connectivity index (χ1v) is 4.00. The quantitative estimate of drug-likeness (QED) is 0.255. The van der Waals surface area contributed by atoms with Gasteiger partial charge in [0.2, 0.25) is 6.79 Å². The van der Waals surface area contributed by atoms with Crippen molar-refractivity contribution in [1.82, 2.24) is 5.53 Å². The molecule has 14 heavy (non-hydrogen) atoms. The summed E-state index contributed by atoms with van der Waals surface area (Å²) in [5.74, 6) is 6.68. The lowest BCUT2D eigenvalue weighted by molar-refractivity contribution is 0.174. The number of hydrogen-bond acceptors (Lipinski definition) is 5. The monoisotopic (exact) mass is 194 g/mol. The van der Waals surface area contributed by atoms with Gasteiger partial charge in [0.05, 0.1) is 0 Å². The molecule has 0 bridgehead atoms. The van der Waals surface area contributed by atoms with Crippen LogP contribution in [-0.4, -0.2) is 12.6 Å². The van der Waals surface area contributed by atoms with E-state index in [1.165, 1.54) is 0 Å². The minimum absolute atomic E-state index is 0.241. The fourth-order valence-electron chi connectivity index (χ4n) is 1.19. The van der Waals surface area contributed by atoms with E-state index in [4.69, 9.17) is 21.1 Å². The largest absolute Gasteiger partial charge is 0.454 e. The Balaban J connectivity index is 2.33. The van der Waals surface area contributed by atoms with Gasteiger partial charge in [-0.1, -0.05) is 0 Å². The van der Waals surface area contributed by atoms with Gasteiger partial charge in [-0.25, -0.2) is 11.4 Å². The minimum atomic E-state index is 0.241. The molecule has 0 atom stereocenters. The highest BCUT2D eigenvalue weighted by molar-refractivity contribution is 5.97. The fourth-order valence-corrected chi connectivity index (χ4v) is 1.19. The van der Waals surface area contributed by atoms with E-state index in [1.807, 2.05) is 0 Å². The maximum Gasteiger partial charge on any atom is 0.231 e. The molecule has 74 valence electrons. The number of hydrazine groups is 1. The Labute approximate surface area is 80.4 Å². The topological polar surface area (TPSA) is 94.9 Å². The van der Waals surface area contributed by atoms with Crippen molar-refractivity contribution in [2.24, 2.45) is 16.7 Å². The van der Waals surface area contributed by atoms with Gasteiger partial charge in [-0.15, -0.1) is 5.10 Å². The van der Waals surface area contributed by atoms with Crippen molar-refractivity contribution in [1.29, 1.82) is 0 Å². The van der Waals surface area contributed by atoms with Gasteiger partial charge in [0.1, 0.15) is 0 Å². The molecule has 2 rings (SSSR count). The van der Waals surface area contributed by atoms with Crippen LogP contribution in [0.5, 0.6) is 11.5 Å². The summed E-state index contributed by atoms with van der Waals surface area (Å²) >= 11 is 0. The number of benzene rings is 1. The highest BCUT2D eigenvalue weighted by Gasteiger charge is 2.14. The van der Waals surface area contributed by atoms with Gasteiger partial charge in [0.15, 0.2) is 17.3 Å². The second kappa shape index (κ2) is 3.43. The normalized spacial score (nSPS) is 14.2. The summed E-state index contributed by atoms with van der Waals surface area (Å²) in [4.78, 5) is 0. The molecule has 1 heterocycles. The molecule has 1 aliphatic rings.